The molecule has 4 rings (SSSR count). The number of ether oxygens (including phenoxy) is 1. The first kappa shape index (κ1) is 26.3. The van der Waals surface area contributed by atoms with Gasteiger partial charge >= 0.3 is 6.18 Å². The smallest absolute Gasteiger partial charge is 0.377 e. The maximum Gasteiger partial charge on any atom is 0.416 e. The average Bonchev–Trinajstić information content (AvgIpc) is 3.11. The summed E-state index contributed by atoms with van der Waals surface area (Å²) in [5.41, 5.74) is 0.961. The van der Waals surface area contributed by atoms with Gasteiger partial charge in [-0.1, -0.05) is 19.3 Å². The number of aromatic nitrogens is 1. The van der Waals surface area contributed by atoms with Crippen LogP contribution < -0.4 is 10.6 Å². The van der Waals surface area contributed by atoms with E-state index in [0.717, 1.165) is 37.8 Å². The lowest BCUT2D eigenvalue weighted by Gasteiger charge is -2.27. The second-order valence-electron chi connectivity index (χ2n) is 10.3. The molecule has 1 aliphatic heterocycles. The highest BCUT2D eigenvalue weighted by atomic mass is 19.4. The van der Waals surface area contributed by atoms with Gasteiger partial charge < -0.3 is 19.9 Å². The molecule has 2 N–H and O–H groups in total. The molecule has 0 radical (unpaired) electrons. The van der Waals surface area contributed by atoms with Crippen LogP contribution in [0.15, 0.2) is 24.3 Å². The van der Waals surface area contributed by atoms with Gasteiger partial charge in [0.2, 0.25) is 0 Å². The van der Waals surface area contributed by atoms with E-state index in [1.54, 1.807) is 19.9 Å². The van der Waals surface area contributed by atoms with Crippen LogP contribution >= 0.6 is 0 Å². The summed E-state index contributed by atoms with van der Waals surface area (Å²) in [6.07, 6.45) is 0.901. The first-order valence-electron chi connectivity index (χ1n) is 12.6. The van der Waals surface area contributed by atoms with Crippen LogP contribution in [-0.2, 0) is 17.5 Å². The third-order valence-electron chi connectivity index (χ3n) is 6.99. The summed E-state index contributed by atoms with van der Waals surface area (Å²) in [7, 11) is 0. The Bertz CT molecular complexity index is 1110. The van der Waals surface area contributed by atoms with Crippen LogP contribution in [0.3, 0.4) is 0 Å². The molecule has 1 saturated heterocycles. The number of halogens is 3. The molecule has 2 amide bonds. The zero-order valence-electron chi connectivity index (χ0n) is 21.0. The number of carbonyl (C=O) groups excluding carboxylic acids is 2. The summed E-state index contributed by atoms with van der Waals surface area (Å²) in [5, 5.41) is 5.61. The summed E-state index contributed by atoms with van der Waals surface area (Å²) >= 11 is 0. The number of alkyl halides is 3. The van der Waals surface area contributed by atoms with Crippen molar-refractivity contribution in [3.8, 4) is 11.3 Å². The van der Waals surface area contributed by atoms with Crippen molar-refractivity contribution in [3.63, 3.8) is 0 Å². The largest absolute Gasteiger partial charge is 0.416 e. The number of amides is 2. The molecular weight excluding hydrogens is 471 g/mol. The molecule has 2 aliphatic rings. The second kappa shape index (κ2) is 10.7. The van der Waals surface area contributed by atoms with Gasteiger partial charge in [-0.05, 0) is 69.4 Å². The molecule has 0 unspecified atom stereocenters. The highest BCUT2D eigenvalue weighted by molar-refractivity contribution is 5.98. The molecule has 0 bridgehead atoms. The van der Waals surface area contributed by atoms with Crippen molar-refractivity contribution in [2.24, 2.45) is 5.92 Å². The van der Waals surface area contributed by atoms with Gasteiger partial charge in [-0.15, -0.1) is 0 Å². The maximum atomic E-state index is 13.8. The van der Waals surface area contributed by atoms with Gasteiger partial charge in [-0.25, -0.2) is 0 Å². The molecule has 0 atom stereocenters. The lowest BCUT2D eigenvalue weighted by Crippen LogP contribution is -2.48. The van der Waals surface area contributed by atoms with Gasteiger partial charge in [0.25, 0.3) is 11.8 Å². The van der Waals surface area contributed by atoms with Crippen molar-refractivity contribution in [2.75, 3.05) is 13.2 Å². The molecule has 0 spiro atoms. The summed E-state index contributed by atoms with van der Waals surface area (Å²) < 4.78 is 48.7. The topological polar surface area (TPSA) is 72.4 Å². The molecule has 196 valence electrons. The fourth-order valence-electron chi connectivity index (χ4n) is 4.98. The minimum atomic E-state index is -4.62. The van der Waals surface area contributed by atoms with E-state index in [4.69, 9.17) is 4.74 Å². The molecule has 1 aromatic carbocycles. The van der Waals surface area contributed by atoms with E-state index in [-0.39, 0.29) is 29.1 Å². The Balaban J connectivity index is 1.80. The summed E-state index contributed by atoms with van der Waals surface area (Å²) in [6.45, 7) is 6.85. The van der Waals surface area contributed by atoms with E-state index >= 15 is 0 Å². The second-order valence-corrected chi connectivity index (χ2v) is 10.3. The highest BCUT2D eigenvalue weighted by Crippen LogP contribution is 2.36. The summed E-state index contributed by atoms with van der Waals surface area (Å²) in [4.78, 5) is 25.8. The minimum absolute atomic E-state index is 0.0609. The molecule has 1 saturated carbocycles. The zero-order valence-corrected chi connectivity index (χ0v) is 21.0. The average molecular weight is 506 g/mol. The standard InChI is InChI=1S/C27H34F3N3O3/c1-16(2)31-25(34)20-9-19(10-21(11-20)27(28,29)30)24-12-23(26(35)32-22-14-36-15-22)17(3)33(24)13-18-7-5-4-6-8-18/h9-12,16,18,22H,4-8,13-15H2,1-3H3,(H,31,34)(H,32,35). The van der Waals surface area contributed by atoms with Crippen LogP contribution in [0.5, 0.6) is 0 Å². The van der Waals surface area contributed by atoms with E-state index in [1.807, 2.05) is 11.5 Å². The molecule has 1 aromatic heterocycles. The molecule has 2 aromatic rings. The number of benzene rings is 1. The van der Waals surface area contributed by atoms with E-state index in [2.05, 4.69) is 10.6 Å². The molecule has 2 heterocycles. The molecular formula is C27H34F3N3O3. The van der Waals surface area contributed by atoms with Gasteiger partial charge in [0.05, 0.1) is 30.4 Å². The van der Waals surface area contributed by atoms with Gasteiger partial charge in [-0.2, -0.15) is 13.2 Å². The highest BCUT2D eigenvalue weighted by Gasteiger charge is 2.33. The Morgan fingerprint density at radius 2 is 1.75 bits per heavy atom. The van der Waals surface area contributed by atoms with Crippen molar-refractivity contribution in [3.05, 3.63) is 46.6 Å². The number of hydrogen-bond acceptors (Lipinski definition) is 3. The zero-order chi connectivity index (χ0) is 26.0. The lowest BCUT2D eigenvalue weighted by molar-refractivity contribution is -0.137. The Morgan fingerprint density at radius 3 is 2.33 bits per heavy atom. The summed E-state index contributed by atoms with van der Waals surface area (Å²) in [5.74, 6) is -0.453. The maximum absolute atomic E-state index is 13.8. The van der Waals surface area contributed by atoms with Crippen LogP contribution in [0.2, 0.25) is 0 Å². The van der Waals surface area contributed by atoms with Crippen molar-refractivity contribution >= 4 is 11.8 Å². The van der Waals surface area contributed by atoms with Crippen LogP contribution in [0.1, 0.15) is 77.9 Å². The van der Waals surface area contributed by atoms with Crippen molar-refractivity contribution in [1.29, 1.82) is 0 Å². The Hall–Kier alpha value is -2.81. The summed E-state index contributed by atoms with van der Waals surface area (Å²) in [6, 6.07) is 4.81. The van der Waals surface area contributed by atoms with Crippen LogP contribution in [0.25, 0.3) is 11.3 Å². The number of nitrogens with zero attached hydrogens (tertiary/aromatic N) is 1. The third-order valence-corrected chi connectivity index (χ3v) is 6.99. The first-order chi connectivity index (χ1) is 17.0. The quantitative estimate of drug-likeness (QED) is 0.534. The number of hydrogen-bond donors (Lipinski definition) is 2. The SMILES string of the molecule is Cc1c(C(=O)NC2COC2)cc(-c2cc(C(=O)NC(C)C)cc(C(F)(F)F)c2)n1CC1CCCCC1. The first-order valence-corrected chi connectivity index (χ1v) is 12.6. The fourth-order valence-corrected chi connectivity index (χ4v) is 4.98. The van der Waals surface area contributed by atoms with Crippen molar-refractivity contribution < 1.29 is 27.5 Å². The van der Waals surface area contributed by atoms with Crippen molar-refractivity contribution in [1.82, 2.24) is 15.2 Å². The van der Waals surface area contributed by atoms with E-state index in [0.29, 0.717) is 42.6 Å². The Kier molecular flexibility index (Phi) is 7.78. The van der Waals surface area contributed by atoms with Gasteiger partial charge in [0.15, 0.2) is 0 Å². The van der Waals surface area contributed by atoms with Gasteiger partial charge in [0, 0.05) is 29.5 Å². The van der Waals surface area contributed by atoms with Crippen molar-refractivity contribution in [2.45, 2.75) is 77.7 Å². The Morgan fingerprint density at radius 1 is 1.06 bits per heavy atom. The minimum Gasteiger partial charge on any atom is -0.377 e. The van der Waals surface area contributed by atoms with Crippen LogP contribution in [0, 0.1) is 12.8 Å². The predicted molar refractivity (Wildman–Crippen MR) is 131 cm³/mol. The monoisotopic (exact) mass is 505 g/mol. The fraction of sp³-hybridized carbons (Fsp3) is 0.556. The van der Waals surface area contributed by atoms with E-state index in [9.17, 15) is 22.8 Å². The predicted octanol–water partition coefficient (Wildman–Crippen LogP) is 5.33. The molecule has 9 heteroatoms. The van der Waals surface area contributed by atoms with Crippen LogP contribution in [-0.4, -0.2) is 41.7 Å². The molecule has 36 heavy (non-hydrogen) atoms. The Labute approximate surface area is 209 Å². The van der Waals surface area contributed by atoms with Crippen LogP contribution in [0.4, 0.5) is 13.2 Å². The number of nitrogens with one attached hydrogen (secondary N) is 2. The van der Waals surface area contributed by atoms with Gasteiger partial charge in [-0.3, -0.25) is 9.59 Å². The lowest BCUT2D eigenvalue weighted by atomic mass is 9.89. The number of carbonyl (C=O) groups is 2. The molecule has 2 fully saturated rings. The third kappa shape index (κ3) is 5.94. The van der Waals surface area contributed by atoms with E-state index < -0.39 is 17.6 Å². The molecule has 1 aliphatic carbocycles. The number of rotatable bonds is 7. The molecule has 6 nitrogen and oxygen atoms in total. The van der Waals surface area contributed by atoms with E-state index in [1.165, 1.54) is 12.5 Å². The normalized spacial score (nSPS) is 17.2. The van der Waals surface area contributed by atoms with Gasteiger partial charge in [0.1, 0.15) is 0 Å².